The van der Waals surface area contributed by atoms with E-state index in [1.165, 1.54) is 22.5 Å². The van der Waals surface area contributed by atoms with E-state index in [9.17, 15) is 10.1 Å². The molecular weight excluding hydrogens is 260 g/mol. The van der Waals surface area contributed by atoms with Gasteiger partial charge in [0.15, 0.2) is 0 Å². The largest absolute Gasteiger partial charge is 0.324 e. The van der Waals surface area contributed by atoms with Gasteiger partial charge in [0.1, 0.15) is 0 Å². The molecule has 0 fully saturated rings. The molecule has 1 aromatic heterocycles. The van der Waals surface area contributed by atoms with Crippen LogP contribution in [0.3, 0.4) is 0 Å². The fourth-order valence-electron chi connectivity index (χ4n) is 1.88. The molecule has 0 aliphatic rings. The maximum Gasteiger partial charge on any atom is 0.324 e. The highest BCUT2D eigenvalue weighted by Crippen LogP contribution is 2.23. The van der Waals surface area contributed by atoms with E-state index in [1.54, 1.807) is 6.07 Å². The molecule has 19 heavy (non-hydrogen) atoms. The minimum atomic E-state index is -0.346. The molecule has 0 radical (unpaired) electrons. The summed E-state index contributed by atoms with van der Waals surface area (Å²) in [7, 11) is 0. The first kappa shape index (κ1) is 13.7. The number of rotatable bonds is 6. The van der Waals surface area contributed by atoms with E-state index in [0.717, 1.165) is 17.8 Å². The van der Waals surface area contributed by atoms with Gasteiger partial charge in [0.05, 0.1) is 4.92 Å². The lowest BCUT2D eigenvalue weighted by molar-refractivity contribution is -0.380. The molecule has 0 bridgehead atoms. The van der Waals surface area contributed by atoms with Crippen molar-refractivity contribution in [2.45, 2.75) is 19.9 Å². The van der Waals surface area contributed by atoms with Gasteiger partial charge in [-0.3, -0.25) is 10.1 Å². The van der Waals surface area contributed by atoms with Crippen LogP contribution >= 0.6 is 11.3 Å². The molecule has 4 nitrogen and oxygen atoms in total. The Hall–Kier alpha value is -1.72. The zero-order valence-corrected chi connectivity index (χ0v) is 11.6. The standard InChI is InChI=1S/C14H16N2O2S/c1-11-4-2-3-5-12(11)8-9-15-10-13-6-7-14(19-13)16(17)18/h2-7,15H,8-10H2,1H3. The predicted molar refractivity (Wildman–Crippen MR) is 77.6 cm³/mol. The van der Waals surface area contributed by atoms with E-state index in [2.05, 4.69) is 24.4 Å². The summed E-state index contributed by atoms with van der Waals surface area (Å²) in [5, 5.41) is 14.1. The van der Waals surface area contributed by atoms with Gasteiger partial charge in [-0.15, -0.1) is 0 Å². The van der Waals surface area contributed by atoms with Gasteiger partial charge in [0, 0.05) is 17.5 Å². The summed E-state index contributed by atoms with van der Waals surface area (Å²) in [4.78, 5) is 11.2. The monoisotopic (exact) mass is 276 g/mol. The minimum Gasteiger partial charge on any atom is -0.312 e. The Morgan fingerprint density at radius 1 is 1.26 bits per heavy atom. The van der Waals surface area contributed by atoms with Crippen molar-refractivity contribution in [3.8, 4) is 0 Å². The number of benzene rings is 1. The van der Waals surface area contributed by atoms with E-state index in [0.29, 0.717) is 6.54 Å². The molecular formula is C14H16N2O2S. The molecule has 0 aliphatic carbocycles. The summed E-state index contributed by atoms with van der Waals surface area (Å²) in [6.45, 7) is 3.67. The maximum absolute atomic E-state index is 10.6. The molecule has 0 saturated carbocycles. The van der Waals surface area contributed by atoms with Crippen LogP contribution in [0.25, 0.3) is 0 Å². The first-order valence-corrected chi connectivity index (χ1v) is 6.97. The normalized spacial score (nSPS) is 10.6. The number of nitrogens with zero attached hydrogens (tertiary/aromatic N) is 1. The number of thiophene rings is 1. The molecule has 0 saturated heterocycles. The van der Waals surface area contributed by atoms with Gasteiger partial charge in [-0.05, 0) is 37.1 Å². The van der Waals surface area contributed by atoms with Gasteiger partial charge in [-0.2, -0.15) is 0 Å². The number of hydrogen-bond donors (Lipinski definition) is 1. The molecule has 2 rings (SSSR count). The topological polar surface area (TPSA) is 55.2 Å². The van der Waals surface area contributed by atoms with E-state index in [4.69, 9.17) is 0 Å². The summed E-state index contributed by atoms with van der Waals surface area (Å²) in [5.74, 6) is 0. The molecule has 0 spiro atoms. The number of hydrogen-bond acceptors (Lipinski definition) is 4. The Morgan fingerprint density at radius 3 is 2.74 bits per heavy atom. The van der Waals surface area contributed by atoms with E-state index >= 15 is 0 Å². The van der Waals surface area contributed by atoms with Crippen molar-refractivity contribution in [1.82, 2.24) is 5.32 Å². The van der Waals surface area contributed by atoms with Crippen molar-refractivity contribution in [2.24, 2.45) is 0 Å². The first-order chi connectivity index (χ1) is 9.16. The summed E-state index contributed by atoms with van der Waals surface area (Å²) in [6, 6.07) is 11.7. The summed E-state index contributed by atoms with van der Waals surface area (Å²) in [5.41, 5.74) is 2.64. The smallest absolute Gasteiger partial charge is 0.312 e. The molecule has 1 N–H and O–H groups in total. The van der Waals surface area contributed by atoms with Gasteiger partial charge >= 0.3 is 5.00 Å². The number of aryl methyl sites for hydroxylation is 1. The second kappa shape index (κ2) is 6.45. The van der Waals surface area contributed by atoms with Crippen LogP contribution in [0, 0.1) is 17.0 Å². The minimum absolute atomic E-state index is 0.204. The van der Waals surface area contributed by atoms with Crippen molar-refractivity contribution >= 4 is 16.3 Å². The molecule has 1 aromatic carbocycles. The van der Waals surface area contributed by atoms with Crippen LogP contribution in [0.1, 0.15) is 16.0 Å². The quantitative estimate of drug-likeness (QED) is 0.500. The van der Waals surface area contributed by atoms with Gasteiger partial charge < -0.3 is 5.32 Å². The van der Waals surface area contributed by atoms with Crippen molar-refractivity contribution in [3.05, 3.63) is 62.5 Å². The van der Waals surface area contributed by atoms with E-state index in [-0.39, 0.29) is 9.92 Å². The third kappa shape index (κ3) is 3.87. The highest BCUT2D eigenvalue weighted by Gasteiger charge is 2.08. The summed E-state index contributed by atoms with van der Waals surface area (Å²) in [6.07, 6.45) is 0.972. The lowest BCUT2D eigenvalue weighted by atomic mass is 10.1. The number of nitro groups is 1. The van der Waals surface area contributed by atoms with Crippen molar-refractivity contribution in [2.75, 3.05) is 6.54 Å². The predicted octanol–water partition coefficient (Wildman–Crippen LogP) is 3.30. The average molecular weight is 276 g/mol. The van der Waals surface area contributed by atoms with Crippen LogP contribution < -0.4 is 5.32 Å². The molecule has 1 heterocycles. The zero-order chi connectivity index (χ0) is 13.7. The highest BCUT2D eigenvalue weighted by molar-refractivity contribution is 7.15. The molecule has 2 aromatic rings. The van der Waals surface area contributed by atoms with Crippen LogP contribution in [-0.4, -0.2) is 11.5 Å². The van der Waals surface area contributed by atoms with E-state index in [1.807, 2.05) is 18.2 Å². The zero-order valence-electron chi connectivity index (χ0n) is 10.8. The van der Waals surface area contributed by atoms with E-state index < -0.39 is 0 Å². The van der Waals surface area contributed by atoms with Gasteiger partial charge in [-0.25, -0.2) is 0 Å². The molecule has 0 unspecified atom stereocenters. The number of nitrogens with one attached hydrogen (secondary N) is 1. The van der Waals surface area contributed by atoms with Crippen LogP contribution in [0.5, 0.6) is 0 Å². The van der Waals surface area contributed by atoms with Gasteiger partial charge in [-0.1, -0.05) is 35.6 Å². The molecule has 0 aliphatic heterocycles. The Labute approximate surface area is 116 Å². The first-order valence-electron chi connectivity index (χ1n) is 6.15. The van der Waals surface area contributed by atoms with Crippen molar-refractivity contribution < 1.29 is 4.92 Å². The van der Waals surface area contributed by atoms with Crippen LogP contribution in [0.4, 0.5) is 5.00 Å². The Morgan fingerprint density at radius 2 is 2.05 bits per heavy atom. The van der Waals surface area contributed by atoms with Crippen LogP contribution in [0.2, 0.25) is 0 Å². The van der Waals surface area contributed by atoms with Gasteiger partial charge in [0.25, 0.3) is 0 Å². The Bertz CT molecular complexity index is 566. The molecule has 0 amide bonds. The lowest BCUT2D eigenvalue weighted by Gasteiger charge is -2.06. The third-order valence-electron chi connectivity index (χ3n) is 2.96. The highest BCUT2D eigenvalue weighted by atomic mass is 32.1. The maximum atomic E-state index is 10.6. The molecule has 5 heteroatoms. The summed E-state index contributed by atoms with van der Waals surface area (Å²) < 4.78 is 0. The fourth-order valence-corrected chi connectivity index (χ4v) is 2.67. The van der Waals surface area contributed by atoms with Crippen molar-refractivity contribution in [1.29, 1.82) is 0 Å². The van der Waals surface area contributed by atoms with Gasteiger partial charge in [0.2, 0.25) is 0 Å². The van der Waals surface area contributed by atoms with Crippen molar-refractivity contribution in [3.63, 3.8) is 0 Å². The molecule has 0 atom stereocenters. The summed E-state index contributed by atoms with van der Waals surface area (Å²) >= 11 is 1.23. The second-order valence-corrected chi connectivity index (χ2v) is 5.50. The fraction of sp³-hybridized carbons (Fsp3) is 0.286. The Balaban J connectivity index is 1.77. The SMILES string of the molecule is Cc1ccccc1CCNCc1ccc([N+](=O)[O-])s1. The Kier molecular flexibility index (Phi) is 4.65. The third-order valence-corrected chi connectivity index (χ3v) is 4.00. The van der Waals surface area contributed by atoms with Crippen LogP contribution in [-0.2, 0) is 13.0 Å². The lowest BCUT2D eigenvalue weighted by Crippen LogP contribution is -2.16. The van der Waals surface area contributed by atoms with Crippen LogP contribution in [0.15, 0.2) is 36.4 Å². The average Bonchev–Trinajstić information content (AvgIpc) is 2.85. The molecule has 100 valence electrons. The second-order valence-electron chi connectivity index (χ2n) is 4.35.